The number of carbonyl (C=O) groups is 3. The van der Waals surface area contributed by atoms with Gasteiger partial charge in [-0.05, 0) is 46.5 Å². The summed E-state index contributed by atoms with van der Waals surface area (Å²) in [6, 6.07) is 30.6. The molecule has 0 spiro atoms. The molecule has 0 saturated carbocycles. The Labute approximate surface area is 231 Å². The molecule has 3 amide bonds. The van der Waals surface area contributed by atoms with Gasteiger partial charge in [0.2, 0.25) is 11.8 Å². The first-order valence-electron chi connectivity index (χ1n) is 12.9. The van der Waals surface area contributed by atoms with E-state index in [4.69, 9.17) is 4.74 Å². The Kier molecular flexibility index (Phi) is 8.15. The van der Waals surface area contributed by atoms with Crippen LogP contribution in [0, 0.1) is 5.82 Å². The fourth-order valence-corrected chi connectivity index (χ4v) is 4.63. The van der Waals surface area contributed by atoms with E-state index in [2.05, 4.69) is 10.6 Å². The quantitative estimate of drug-likeness (QED) is 0.300. The molecule has 4 aromatic carbocycles. The summed E-state index contributed by atoms with van der Waals surface area (Å²) in [6.45, 7) is 0.362. The highest BCUT2D eigenvalue weighted by Gasteiger charge is 2.46. The molecule has 1 aliphatic rings. The molecule has 0 aromatic heterocycles. The highest BCUT2D eigenvalue weighted by molar-refractivity contribution is 5.92. The third-order valence-electron chi connectivity index (χ3n) is 6.66. The number of nitrogens with one attached hydrogen (secondary N) is 2. The lowest BCUT2D eigenvalue weighted by atomic mass is 10.00. The number of ether oxygens (including phenoxy) is 1. The van der Waals surface area contributed by atoms with E-state index >= 15 is 0 Å². The Hall–Kier alpha value is -4.98. The summed E-state index contributed by atoms with van der Waals surface area (Å²) in [4.78, 5) is 40.4. The van der Waals surface area contributed by atoms with Crippen LogP contribution in [-0.2, 0) is 33.8 Å². The number of hydrogen-bond donors (Lipinski definition) is 2. The van der Waals surface area contributed by atoms with Crippen molar-refractivity contribution in [3.8, 4) is 0 Å². The van der Waals surface area contributed by atoms with E-state index < -0.39 is 24.1 Å². The molecule has 0 aliphatic carbocycles. The predicted molar refractivity (Wildman–Crippen MR) is 148 cm³/mol. The summed E-state index contributed by atoms with van der Waals surface area (Å²) in [7, 11) is 0. The number of cyclic esters (lactones) is 1. The Morgan fingerprint density at radius 3 is 2.05 bits per heavy atom. The first kappa shape index (κ1) is 26.6. The Morgan fingerprint density at radius 2 is 1.40 bits per heavy atom. The van der Waals surface area contributed by atoms with E-state index in [9.17, 15) is 18.8 Å². The van der Waals surface area contributed by atoms with Gasteiger partial charge < -0.3 is 15.4 Å². The minimum atomic E-state index is -0.938. The average molecular weight is 538 g/mol. The summed E-state index contributed by atoms with van der Waals surface area (Å²) >= 11 is 0. The van der Waals surface area contributed by atoms with Gasteiger partial charge in [-0.1, -0.05) is 84.9 Å². The number of anilines is 1. The van der Waals surface area contributed by atoms with Gasteiger partial charge in [-0.3, -0.25) is 14.5 Å². The van der Waals surface area contributed by atoms with Crippen molar-refractivity contribution in [2.45, 2.75) is 31.7 Å². The topological polar surface area (TPSA) is 87.7 Å². The molecule has 0 bridgehead atoms. The zero-order valence-electron chi connectivity index (χ0n) is 21.6. The second kappa shape index (κ2) is 12.3. The van der Waals surface area contributed by atoms with Crippen LogP contribution < -0.4 is 10.6 Å². The van der Waals surface area contributed by atoms with E-state index in [0.29, 0.717) is 11.3 Å². The monoisotopic (exact) mass is 537 g/mol. The minimum absolute atomic E-state index is 0.154. The molecule has 2 unspecified atom stereocenters. The van der Waals surface area contributed by atoms with Crippen molar-refractivity contribution in [2.24, 2.45) is 0 Å². The second-order valence-corrected chi connectivity index (χ2v) is 9.54. The summed E-state index contributed by atoms with van der Waals surface area (Å²) in [5.74, 6) is -0.909. The summed E-state index contributed by atoms with van der Waals surface area (Å²) in [6.07, 6.45) is -1.22. The predicted octanol–water partition coefficient (Wildman–Crippen LogP) is 5.39. The van der Waals surface area contributed by atoms with E-state index in [-0.39, 0.29) is 31.2 Å². The molecule has 40 heavy (non-hydrogen) atoms. The molecule has 202 valence electrons. The van der Waals surface area contributed by atoms with E-state index in [0.717, 1.165) is 16.7 Å². The van der Waals surface area contributed by atoms with E-state index in [1.807, 2.05) is 60.7 Å². The van der Waals surface area contributed by atoms with Crippen molar-refractivity contribution < 1.29 is 23.5 Å². The lowest BCUT2D eigenvalue weighted by Crippen LogP contribution is -2.46. The highest BCUT2D eigenvalue weighted by atomic mass is 19.1. The molecule has 4 aromatic rings. The number of benzene rings is 4. The number of amides is 3. The van der Waals surface area contributed by atoms with Crippen molar-refractivity contribution in [2.75, 3.05) is 5.32 Å². The van der Waals surface area contributed by atoms with Crippen LogP contribution >= 0.6 is 0 Å². The normalized spacial score (nSPS) is 16.3. The van der Waals surface area contributed by atoms with Crippen LogP contribution in [0.25, 0.3) is 0 Å². The van der Waals surface area contributed by atoms with E-state index in [1.54, 1.807) is 36.4 Å². The van der Waals surface area contributed by atoms with E-state index in [1.165, 1.54) is 17.0 Å². The maximum atomic E-state index is 13.5. The molecule has 0 radical (unpaired) electrons. The number of carbonyl (C=O) groups excluding carboxylic acids is 3. The standard InChI is InChI=1S/C32H28FN3O4/c33-26-15-11-23(12-16-26)20-34-31(38)29-30(40-32(39)36(29)21-24-9-5-2-6-10-24)25-13-17-27(18-14-25)35-28(37)19-22-7-3-1-4-8-22/h1-18,29-30H,19-21H2,(H,34,38)(H,35,37). The summed E-state index contributed by atoms with van der Waals surface area (Å²) < 4.78 is 19.0. The van der Waals surface area contributed by atoms with Crippen LogP contribution in [0.2, 0.25) is 0 Å². The molecule has 1 saturated heterocycles. The Balaban J connectivity index is 1.32. The van der Waals surface area contributed by atoms with Gasteiger partial charge in [-0.25, -0.2) is 9.18 Å². The molecule has 1 fully saturated rings. The van der Waals surface area contributed by atoms with Gasteiger partial charge >= 0.3 is 6.09 Å². The van der Waals surface area contributed by atoms with Crippen LogP contribution in [0.4, 0.5) is 14.9 Å². The number of hydrogen-bond acceptors (Lipinski definition) is 4. The first-order chi connectivity index (χ1) is 19.5. The minimum Gasteiger partial charge on any atom is -0.438 e. The molecule has 2 N–H and O–H groups in total. The second-order valence-electron chi connectivity index (χ2n) is 9.54. The molecule has 2 atom stereocenters. The number of rotatable bonds is 9. The van der Waals surface area contributed by atoms with Gasteiger partial charge in [0.15, 0.2) is 12.1 Å². The Morgan fingerprint density at radius 1 is 0.775 bits per heavy atom. The average Bonchev–Trinajstić information content (AvgIpc) is 3.29. The van der Waals surface area contributed by atoms with Crippen molar-refractivity contribution in [1.82, 2.24) is 10.2 Å². The third kappa shape index (κ3) is 6.53. The number of halogens is 1. The maximum Gasteiger partial charge on any atom is 0.411 e. The Bertz CT molecular complexity index is 1460. The van der Waals surface area contributed by atoms with Gasteiger partial charge in [0.1, 0.15) is 5.82 Å². The molecular weight excluding hydrogens is 509 g/mol. The van der Waals surface area contributed by atoms with Crippen molar-refractivity contribution in [3.63, 3.8) is 0 Å². The third-order valence-corrected chi connectivity index (χ3v) is 6.66. The highest BCUT2D eigenvalue weighted by Crippen LogP contribution is 2.34. The lowest BCUT2D eigenvalue weighted by molar-refractivity contribution is -0.126. The fraction of sp³-hybridized carbons (Fsp3) is 0.156. The maximum absolute atomic E-state index is 13.5. The zero-order chi connectivity index (χ0) is 27.9. The van der Waals surface area contributed by atoms with Crippen molar-refractivity contribution >= 4 is 23.6 Å². The van der Waals surface area contributed by atoms with Crippen LogP contribution in [0.5, 0.6) is 0 Å². The van der Waals surface area contributed by atoms with Gasteiger partial charge in [-0.2, -0.15) is 0 Å². The van der Waals surface area contributed by atoms with Crippen LogP contribution in [-0.4, -0.2) is 28.8 Å². The largest absolute Gasteiger partial charge is 0.438 e. The van der Waals surface area contributed by atoms with Crippen LogP contribution in [0.3, 0.4) is 0 Å². The van der Waals surface area contributed by atoms with Gasteiger partial charge in [0.25, 0.3) is 0 Å². The molecule has 5 rings (SSSR count). The van der Waals surface area contributed by atoms with Gasteiger partial charge in [-0.15, -0.1) is 0 Å². The molecule has 1 aliphatic heterocycles. The smallest absolute Gasteiger partial charge is 0.411 e. The fourth-order valence-electron chi connectivity index (χ4n) is 4.63. The van der Waals surface area contributed by atoms with Gasteiger partial charge in [0, 0.05) is 12.2 Å². The first-order valence-corrected chi connectivity index (χ1v) is 12.9. The SMILES string of the molecule is O=C(Cc1ccccc1)Nc1ccc(C2OC(=O)N(Cc3ccccc3)C2C(=O)NCc2ccc(F)cc2)cc1. The summed E-state index contributed by atoms with van der Waals surface area (Å²) in [5, 5.41) is 5.74. The van der Waals surface area contributed by atoms with Crippen LogP contribution in [0.15, 0.2) is 109 Å². The van der Waals surface area contributed by atoms with Gasteiger partial charge in [0.05, 0.1) is 13.0 Å². The van der Waals surface area contributed by atoms with Crippen LogP contribution in [0.1, 0.15) is 28.4 Å². The molecule has 1 heterocycles. The molecule has 8 heteroatoms. The number of nitrogens with zero attached hydrogens (tertiary/aromatic N) is 1. The zero-order valence-corrected chi connectivity index (χ0v) is 21.6. The molecular formula is C32H28FN3O4. The lowest BCUT2D eigenvalue weighted by Gasteiger charge is -2.24. The van der Waals surface area contributed by atoms with Crippen molar-refractivity contribution in [1.29, 1.82) is 0 Å². The van der Waals surface area contributed by atoms with Crippen molar-refractivity contribution in [3.05, 3.63) is 137 Å². The molecule has 7 nitrogen and oxygen atoms in total. The summed E-state index contributed by atoms with van der Waals surface area (Å²) in [5.41, 5.74) is 3.69.